The van der Waals surface area contributed by atoms with E-state index in [9.17, 15) is 53.4 Å². The van der Waals surface area contributed by atoms with Gasteiger partial charge in [0.25, 0.3) is 0 Å². The number of aliphatic carboxylic acids is 1. The molecule has 0 aliphatic carbocycles. The molecule has 0 spiro atoms. The van der Waals surface area contributed by atoms with Gasteiger partial charge >= 0.3 is 11.9 Å². The van der Waals surface area contributed by atoms with Crippen molar-refractivity contribution in [2.45, 2.75) is 107 Å². The largest absolute Gasteiger partial charge is 0.480 e. The molecule has 1 aromatic carbocycles. The van der Waals surface area contributed by atoms with Crippen LogP contribution >= 0.6 is 11.8 Å². The number of ether oxygens (including phenoxy) is 1. The number of β-amino-alcohol motifs (C(OH)–C–C–N with tert-alkyl or cyclic N) is 1. The van der Waals surface area contributed by atoms with Crippen LogP contribution in [0.3, 0.4) is 0 Å². The number of aliphatic hydroxyl groups is 1. The van der Waals surface area contributed by atoms with Gasteiger partial charge < -0.3 is 62.5 Å². The van der Waals surface area contributed by atoms with Gasteiger partial charge in [0, 0.05) is 29.6 Å². The summed E-state index contributed by atoms with van der Waals surface area (Å²) in [5.74, 6) is -8.95. The summed E-state index contributed by atoms with van der Waals surface area (Å²) in [4.78, 5) is 124. The number of aromatic amines is 1. The van der Waals surface area contributed by atoms with Crippen molar-refractivity contribution in [3.63, 3.8) is 0 Å². The van der Waals surface area contributed by atoms with Crippen LogP contribution in [0.5, 0.6) is 0 Å². The molecule has 4 rings (SSSR count). The second kappa shape index (κ2) is 22.4. The molecule has 2 aliphatic heterocycles. The number of carbonyl (C=O) groups excluding carboxylic acids is 8. The smallest absolute Gasteiger partial charge is 0.326 e. The van der Waals surface area contributed by atoms with E-state index in [4.69, 9.17) is 10.5 Å². The first-order valence-corrected chi connectivity index (χ1v) is 21.4. The minimum atomic E-state index is -1.70. The first-order valence-electron chi connectivity index (χ1n) is 20.4. The molecule has 2 aliphatic rings. The second-order valence-electron chi connectivity index (χ2n) is 15.5. The lowest BCUT2D eigenvalue weighted by atomic mass is 9.98. The fraction of sp³-hybridized carbons (Fsp3) is 0.575. The Kier molecular flexibility index (Phi) is 17.7. The summed E-state index contributed by atoms with van der Waals surface area (Å²) in [6.45, 7) is 5.39. The minimum Gasteiger partial charge on any atom is -0.480 e. The maximum Gasteiger partial charge on any atom is 0.326 e. The lowest BCUT2D eigenvalue weighted by Gasteiger charge is -2.30. The molecule has 0 bridgehead atoms. The highest BCUT2D eigenvalue weighted by Crippen LogP contribution is 2.31. The van der Waals surface area contributed by atoms with Crippen molar-refractivity contribution in [2.24, 2.45) is 17.6 Å². The number of benzene rings is 1. The summed E-state index contributed by atoms with van der Waals surface area (Å²) < 4.78 is 4.80. The molecule has 2 aromatic rings. The Morgan fingerprint density at radius 1 is 0.952 bits per heavy atom. The molecule has 0 saturated carbocycles. The van der Waals surface area contributed by atoms with E-state index in [1.165, 1.54) is 0 Å². The van der Waals surface area contributed by atoms with Crippen LogP contribution in [0, 0.1) is 11.8 Å². The number of rotatable bonds is 12. The number of likely N-dealkylation sites (tertiary alicyclic amines) is 1. The molecular weight excluding hydrogens is 831 g/mol. The summed E-state index contributed by atoms with van der Waals surface area (Å²) in [5.41, 5.74) is 7.61. The topological polar surface area (TPSA) is 321 Å². The van der Waals surface area contributed by atoms with Crippen LogP contribution in [0.25, 0.3) is 10.9 Å². The van der Waals surface area contributed by atoms with Crippen molar-refractivity contribution in [3.05, 3.63) is 29.8 Å². The third kappa shape index (κ3) is 12.7. The predicted molar refractivity (Wildman–Crippen MR) is 224 cm³/mol. The first kappa shape index (κ1) is 48.9. The number of amides is 7. The zero-order chi connectivity index (χ0) is 45.8. The number of H-pyrrole nitrogens is 1. The third-order valence-corrected chi connectivity index (χ3v) is 12.2. The number of aromatic nitrogens is 1. The molecule has 3 heterocycles. The number of hydrogen-bond donors (Lipinski definition) is 10. The highest BCUT2D eigenvalue weighted by molar-refractivity contribution is 7.99. The Balaban J connectivity index is 1.68. The Hall–Kier alpha value is -5.74. The number of nitrogens with one attached hydrogen (secondary N) is 7. The highest BCUT2D eigenvalue weighted by Gasteiger charge is 2.44. The van der Waals surface area contributed by atoms with Crippen LogP contribution in [0.4, 0.5) is 0 Å². The molecule has 9 atom stereocenters. The molecule has 7 amide bonds. The summed E-state index contributed by atoms with van der Waals surface area (Å²) in [5, 5.41) is 36.6. The molecule has 11 N–H and O–H groups in total. The Morgan fingerprint density at radius 3 is 2.26 bits per heavy atom. The predicted octanol–water partition coefficient (Wildman–Crippen LogP) is -1.98. The normalized spacial score (nSPS) is 23.7. The fourth-order valence-corrected chi connectivity index (χ4v) is 8.19. The van der Waals surface area contributed by atoms with Gasteiger partial charge in [-0.25, -0.2) is 4.79 Å². The quantitative estimate of drug-likeness (QED) is 0.103. The van der Waals surface area contributed by atoms with Crippen molar-refractivity contribution >= 4 is 76.0 Å². The Labute approximate surface area is 362 Å². The molecule has 1 fully saturated rings. The van der Waals surface area contributed by atoms with E-state index >= 15 is 0 Å². The lowest BCUT2D eigenvalue weighted by Crippen LogP contribution is -2.59. The van der Waals surface area contributed by atoms with Crippen molar-refractivity contribution in [2.75, 3.05) is 32.5 Å². The van der Waals surface area contributed by atoms with Crippen LogP contribution in [-0.4, -0.2) is 148 Å². The summed E-state index contributed by atoms with van der Waals surface area (Å²) in [7, 11) is 1.06. The standard InChI is InChI=1S/C40H57N9O12S/c1-6-19(3)32-37(57)43-15-29(51)44-27(18-62-38-23(22-10-8-9-11-25(22)46-38)13-24(41)34(54)42-16-30(52)47-32)35(55)45-26(14-31(53)61-5)39(58)49-17-21(50)12-28(49)36(56)48-33(40(59)60)20(4)7-2/h8-11,19-21,24,26-28,32-33,46,50H,6-7,12-18,41H2,1-5H3,(H,42,54)(H,43,57)(H,44,51)(H,45,55)(H,47,52)(H,48,56)(H,59,60)/t19?,20?,21-,24+,26?,27+,28+,32+,33?/m1/s1. The van der Waals surface area contributed by atoms with E-state index in [1.807, 2.05) is 0 Å². The zero-order valence-corrected chi connectivity index (χ0v) is 36.1. The first-order chi connectivity index (χ1) is 29.4. The Bertz CT molecular complexity index is 2010. The summed E-state index contributed by atoms with van der Waals surface area (Å²) in [6.07, 6.45) is -1.34. The van der Waals surface area contributed by atoms with E-state index in [0.717, 1.165) is 23.8 Å². The van der Waals surface area contributed by atoms with Crippen molar-refractivity contribution in [3.8, 4) is 0 Å². The summed E-state index contributed by atoms with van der Waals surface area (Å²) >= 11 is 1.07. The average molecular weight is 888 g/mol. The molecular formula is C40H57N9O12S. The number of esters is 1. The van der Waals surface area contributed by atoms with Crippen LogP contribution in [0.15, 0.2) is 29.3 Å². The SMILES string of the molecule is CCC(C)C(NC(=O)[C@@H]1C[C@@H](O)CN1C(=O)C(CC(=O)OC)NC(=O)[C@@H]1CSc2[nH]c3ccccc3c2C[C@H](N)C(=O)NCC(=O)N[C@@H](C(C)CC)C(=O)NCC(=O)N1)C(=O)O. The molecule has 1 aromatic heterocycles. The molecule has 22 heteroatoms. The fourth-order valence-electron chi connectivity index (χ4n) is 7.07. The maximum absolute atomic E-state index is 14.3. The van der Waals surface area contributed by atoms with Gasteiger partial charge in [0.1, 0.15) is 30.2 Å². The molecule has 340 valence electrons. The van der Waals surface area contributed by atoms with Crippen LogP contribution < -0.4 is 37.6 Å². The number of nitrogens with zero attached hydrogens (tertiary/aromatic N) is 1. The number of fused-ring (bicyclic) bond motifs is 3. The van der Waals surface area contributed by atoms with E-state index in [-0.39, 0.29) is 25.1 Å². The van der Waals surface area contributed by atoms with Crippen LogP contribution in [0.2, 0.25) is 0 Å². The highest BCUT2D eigenvalue weighted by atomic mass is 32.2. The number of para-hydroxylation sites is 1. The van der Waals surface area contributed by atoms with Crippen molar-refractivity contribution in [1.29, 1.82) is 0 Å². The van der Waals surface area contributed by atoms with Crippen molar-refractivity contribution in [1.82, 2.24) is 41.8 Å². The Morgan fingerprint density at radius 2 is 1.61 bits per heavy atom. The van der Waals surface area contributed by atoms with Crippen LogP contribution in [-0.2, 0) is 54.3 Å². The molecule has 4 unspecified atom stereocenters. The molecule has 62 heavy (non-hydrogen) atoms. The van der Waals surface area contributed by atoms with E-state index in [1.54, 1.807) is 52.0 Å². The number of nitrogens with two attached hydrogens (primary N) is 1. The van der Waals surface area contributed by atoms with Gasteiger partial charge in [0.05, 0.1) is 43.8 Å². The second-order valence-corrected chi connectivity index (χ2v) is 16.6. The van der Waals surface area contributed by atoms with Crippen LogP contribution in [0.1, 0.15) is 58.9 Å². The average Bonchev–Trinajstić information content (AvgIpc) is 3.82. The van der Waals surface area contributed by atoms with Gasteiger partial charge in [-0.15, -0.1) is 11.8 Å². The molecule has 0 radical (unpaired) electrons. The monoisotopic (exact) mass is 887 g/mol. The zero-order valence-electron chi connectivity index (χ0n) is 35.3. The van der Waals surface area contributed by atoms with Gasteiger partial charge in [0.15, 0.2) is 0 Å². The van der Waals surface area contributed by atoms with Gasteiger partial charge in [-0.3, -0.25) is 38.4 Å². The summed E-state index contributed by atoms with van der Waals surface area (Å²) in [6, 6.07) is -0.924. The maximum atomic E-state index is 14.3. The minimum absolute atomic E-state index is 0.0162. The van der Waals surface area contributed by atoms with Gasteiger partial charge in [-0.1, -0.05) is 58.7 Å². The number of carbonyl (C=O) groups is 9. The molecule has 21 nitrogen and oxygen atoms in total. The van der Waals surface area contributed by atoms with Crippen molar-refractivity contribution < 1.29 is 58.1 Å². The number of carboxylic acids is 1. The van der Waals surface area contributed by atoms with Gasteiger partial charge in [0.2, 0.25) is 41.4 Å². The molecule has 1 saturated heterocycles. The number of aliphatic hydroxyl groups excluding tert-OH is 1. The van der Waals surface area contributed by atoms with Gasteiger partial charge in [-0.2, -0.15) is 0 Å². The number of thioether (sulfide) groups is 1. The number of methoxy groups -OCH3 is 1. The van der Waals surface area contributed by atoms with E-state index in [0.29, 0.717) is 34.3 Å². The number of carboxylic acid groups (broad SMARTS) is 1. The van der Waals surface area contributed by atoms with E-state index in [2.05, 4.69) is 36.9 Å². The van der Waals surface area contributed by atoms with E-state index < -0.39 is 127 Å². The third-order valence-electron chi connectivity index (χ3n) is 11.1. The van der Waals surface area contributed by atoms with Gasteiger partial charge in [-0.05, 0) is 29.9 Å². The lowest BCUT2D eigenvalue weighted by molar-refractivity contribution is -0.149. The number of hydrogen-bond acceptors (Lipinski definition) is 13.